The van der Waals surface area contributed by atoms with Gasteiger partial charge in [0.05, 0.1) is 18.5 Å². The van der Waals surface area contributed by atoms with Gasteiger partial charge in [0.15, 0.2) is 0 Å². The van der Waals surface area contributed by atoms with Gasteiger partial charge < -0.3 is 0 Å². The Morgan fingerprint density at radius 3 is 1.73 bits per heavy atom. The normalized spacial score (nSPS) is 18.0. The highest BCUT2D eigenvalue weighted by Crippen LogP contribution is 2.69. The van der Waals surface area contributed by atoms with E-state index in [4.69, 9.17) is 14.7 Å². The quantitative estimate of drug-likeness (QED) is 0.575. The van der Waals surface area contributed by atoms with Gasteiger partial charge in [-0.2, -0.15) is 23.7 Å². The van der Waals surface area contributed by atoms with Gasteiger partial charge in [0, 0.05) is 0 Å². The summed E-state index contributed by atoms with van der Waals surface area (Å²) in [4.78, 5) is 26.7. The van der Waals surface area contributed by atoms with Gasteiger partial charge in [-0.3, -0.25) is 0 Å². The summed E-state index contributed by atoms with van der Waals surface area (Å²) in [5.74, 6) is 0. The molecule has 0 aliphatic rings. The molecule has 1 unspecified atom stereocenters. The average molecular weight is 206 g/mol. The molecule has 8 heteroatoms. The van der Waals surface area contributed by atoms with Crippen LogP contribution in [-0.2, 0) is 13.4 Å². The molecule has 0 spiro atoms. The van der Waals surface area contributed by atoms with E-state index in [1.165, 1.54) is 13.8 Å². The predicted octanol–water partition coefficient (Wildman–Crippen LogP) is 0.343. The Morgan fingerprint density at radius 2 is 1.45 bits per heavy atom. The zero-order valence-corrected chi connectivity index (χ0v) is 8.25. The summed E-state index contributed by atoms with van der Waals surface area (Å²) in [5.41, 5.74) is 0. The zero-order chi connectivity index (χ0) is 9.12. The van der Waals surface area contributed by atoms with E-state index < -0.39 is 16.1 Å². The molecule has 0 fully saturated rings. The Hall–Kier alpha value is 0.620. The SMILES string of the molecule is CO[P+](C)(O)O[P+](O)(O)OC. The van der Waals surface area contributed by atoms with Crippen molar-refractivity contribution in [2.75, 3.05) is 20.9 Å². The van der Waals surface area contributed by atoms with Crippen LogP contribution in [0.4, 0.5) is 0 Å². The molecule has 0 bridgehead atoms. The van der Waals surface area contributed by atoms with Gasteiger partial charge in [0.1, 0.15) is 6.66 Å². The topological polar surface area (TPSA) is 88.4 Å². The minimum Gasteiger partial charge on any atom is -0.189 e. The van der Waals surface area contributed by atoms with Crippen molar-refractivity contribution in [1.29, 1.82) is 0 Å². The Labute approximate surface area is 66.0 Å². The molecule has 0 aliphatic carbocycles. The van der Waals surface area contributed by atoms with Crippen LogP contribution in [0, 0.1) is 0 Å². The zero-order valence-electron chi connectivity index (χ0n) is 6.46. The van der Waals surface area contributed by atoms with Gasteiger partial charge in [-0.05, 0) is 0 Å². The van der Waals surface area contributed by atoms with Gasteiger partial charge in [0.25, 0.3) is 0 Å². The molecule has 1 atom stereocenters. The average Bonchev–Trinajstić information content (AvgIpc) is 1.86. The van der Waals surface area contributed by atoms with E-state index in [-0.39, 0.29) is 0 Å². The van der Waals surface area contributed by atoms with E-state index in [9.17, 15) is 0 Å². The highest BCUT2D eigenvalue weighted by molar-refractivity contribution is 7.70. The van der Waals surface area contributed by atoms with E-state index in [2.05, 4.69) is 13.4 Å². The van der Waals surface area contributed by atoms with Crippen LogP contribution < -0.4 is 0 Å². The van der Waals surface area contributed by atoms with Crippen LogP contribution in [0.2, 0.25) is 0 Å². The van der Waals surface area contributed by atoms with E-state index in [0.717, 1.165) is 7.11 Å². The summed E-state index contributed by atoms with van der Waals surface area (Å²) in [6.07, 6.45) is 0. The number of hydrogen-bond donors (Lipinski definition) is 3. The summed E-state index contributed by atoms with van der Waals surface area (Å²) < 4.78 is 13.0. The lowest BCUT2D eigenvalue weighted by Crippen LogP contribution is -2.02. The van der Waals surface area contributed by atoms with Gasteiger partial charge in [0.2, 0.25) is 0 Å². The van der Waals surface area contributed by atoms with E-state index >= 15 is 0 Å². The standard InChI is InChI=1S/C3H12O6P2/c1-7-10(3,4)9-11(5,6)8-2/h4-6H,1-3H3/q+2. The molecule has 6 nitrogen and oxygen atoms in total. The Morgan fingerprint density at radius 1 is 1.00 bits per heavy atom. The minimum atomic E-state index is -3.89. The van der Waals surface area contributed by atoms with Crippen molar-refractivity contribution in [3.8, 4) is 0 Å². The third-order valence-corrected chi connectivity index (χ3v) is 4.05. The first-order chi connectivity index (χ1) is 4.83. The van der Waals surface area contributed by atoms with Crippen molar-refractivity contribution in [3.63, 3.8) is 0 Å². The first-order valence-corrected chi connectivity index (χ1v) is 6.15. The molecule has 11 heavy (non-hydrogen) atoms. The van der Waals surface area contributed by atoms with Gasteiger partial charge >= 0.3 is 16.1 Å². The highest BCUT2D eigenvalue weighted by Gasteiger charge is 2.55. The van der Waals surface area contributed by atoms with Crippen LogP contribution in [0.5, 0.6) is 0 Å². The van der Waals surface area contributed by atoms with Crippen molar-refractivity contribution in [1.82, 2.24) is 0 Å². The molecular weight excluding hydrogens is 194 g/mol. The molecule has 0 saturated carbocycles. The molecule has 68 valence electrons. The fourth-order valence-electron chi connectivity index (χ4n) is 0.264. The summed E-state index contributed by atoms with van der Waals surface area (Å²) in [6.45, 7) is 1.22. The van der Waals surface area contributed by atoms with Crippen molar-refractivity contribution >= 4 is 16.1 Å². The maximum Gasteiger partial charge on any atom is 0.615 e. The minimum absolute atomic E-state index is 1.06. The van der Waals surface area contributed by atoms with Crippen LogP contribution >= 0.6 is 16.1 Å². The fraction of sp³-hybridized carbons (Fsp3) is 1.00. The van der Waals surface area contributed by atoms with Gasteiger partial charge in [-0.1, -0.05) is 0 Å². The Balaban J connectivity index is 4.02. The molecule has 0 aliphatic heterocycles. The second-order valence-electron chi connectivity index (χ2n) is 1.74. The smallest absolute Gasteiger partial charge is 0.189 e. The molecule has 0 rings (SSSR count). The second-order valence-corrected chi connectivity index (χ2v) is 5.71. The largest absolute Gasteiger partial charge is 0.615 e. The first kappa shape index (κ1) is 11.6. The molecule has 0 aromatic rings. The van der Waals surface area contributed by atoms with Crippen LogP contribution in [0.1, 0.15) is 0 Å². The molecular formula is C3H12O6P2+2. The molecule has 0 heterocycles. The van der Waals surface area contributed by atoms with Crippen molar-refractivity contribution in [2.24, 2.45) is 0 Å². The van der Waals surface area contributed by atoms with E-state index in [1.54, 1.807) is 0 Å². The van der Waals surface area contributed by atoms with E-state index in [0.29, 0.717) is 0 Å². The predicted molar refractivity (Wildman–Crippen MR) is 41.5 cm³/mol. The lowest BCUT2D eigenvalue weighted by Gasteiger charge is -2.09. The number of rotatable bonds is 4. The van der Waals surface area contributed by atoms with Crippen LogP contribution in [0.15, 0.2) is 0 Å². The summed E-state index contributed by atoms with van der Waals surface area (Å²) >= 11 is 0. The first-order valence-electron chi connectivity index (χ1n) is 2.59. The third-order valence-electron chi connectivity index (χ3n) is 0.834. The van der Waals surface area contributed by atoms with Crippen molar-refractivity contribution in [3.05, 3.63) is 0 Å². The monoisotopic (exact) mass is 206 g/mol. The lowest BCUT2D eigenvalue weighted by molar-refractivity contribution is 0.176. The Kier molecular flexibility index (Phi) is 4.26. The molecule has 0 aromatic heterocycles. The van der Waals surface area contributed by atoms with Gasteiger partial charge in [-0.25, -0.2) is 0 Å². The lowest BCUT2D eigenvalue weighted by atomic mass is 11.8. The molecule has 0 saturated heterocycles. The summed E-state index contributed by atoms with van der Waals surface area (Å²) in [6, 6.07) is 0. The molecule has 0 radical (unpaired) electrons. The van der Waals surface area contributed by atoms with Crippen molar-refractivity contribution in [2.45, 2.75) is 0 Å². The van der Waals surface area contributed by atoms with E-state index in [1.807, 2.05) is 0 Å². The second kappa shape index (κ2) is 4.03. The highest BCUT2D eigenvalue weighted by atomic mass is 31.3. The van der Waals surface area contributed by atoms with Crippen LogP contribution in [-0.4, -0.2) is 35.6 Å². The molecule has 0 aromatic carbocycles. The maximum absolute atomic E-state index is 9.08. The van der Waals surface area contributed by atoms with Crippen LogP contribution in [0.3, 0.4) is 0 Å². The van der Waals surface area contributed by atoms with Crippen molar-refractivity contribution < 1.29 is 28.0 Å². The maximum atomic E-state index is 9.08. The summed E-state index contributed by atoms with van der Waals surface area (Å²) in [5, 5.41) is 0. The fourth-order valence-corrected chi connectivity index (χ4v) is 2.38. The Bertz CT molecular complexity index is 111. The third kappa shape index (κ3) is 4.95. The molecule has 0 amide bonds. The van der Waals surface area contributed by atoms with Crippen LogP contribution in [0.25, 0.3) is 0 Å². The summed E-state index contributed by atoms with van der Waals surface area (Å²) in [7, 11) is -4.77. The molecule has 3 N–H and O–H groups in total. The van der Waals surface area contributed by atoms with Gasteiger partial charge in [-0.15, -0.1) is 0 Å². The number of hydrogen-bond acceptors (Lipinski definition) is 6.